The highest BCUT2D eigenvalue weighted by atomic mass is 16.6. The summed E-state index contributed by atoms with van der Waals surface area (Å²) in [5.74, 6) is 0. The molecule has 7 nitrogen and oxygen atoms in total. The SMILES string of the molecule is O=C1NCC=CN1[C@@H]1O[C@H](CO)[C@@H](O)[C@@H]1O. The van der Waals surface area contributed by atoms with Gasteiger partial charge in [-0.15, -0.1) is 0 Å². The van der Waals surface area contributed by atoms with Crippen molar-refractivity contribution in [3.8, 4) is 0 Å². The van der Waals surface area contributed by atoms with Gasteiger partial charge in [-0.1, -0.05) is 0 Å². The van der Waals surface area contributed by atoms with E-state index in [1.807, 2.05) is 0 Å². The Morgan fingerprint density at radius 2 is 2.25 bits per heavy atom. The van der Waals surface area contributed by atoms with Gasteiger partial charge in [-0.2, -0.15) is 0 Å². The number of nitrogens with zero attached hydrogens (tertiary/aromatic N) is 1. The number of nitrogens with one attached hydrogen (secondary N) is 1. The summed E-state index contributed by atoms with van der Waals surface area (Å²) in [5, 5.41) is 30.7. The number of aliphatic hydroxyl groups excluding tert-OH is 3. The van der Waals surface area contributed by atoms with Crippen LogP contribution in [0, 0.1) is 0 Å². The Labute approximate surface area is 91.9 Å². The first-order chi connectivity index (χ1) is 7.65. The third kappa shape index (κ3) is 1.78. The number of carbonyl (C=O) groups excluding carboxylic acids is 1. The molecule has 0 bridgehead atoms. The van der Waals surface area contributed by atoms with Crippen molar-refractivity contribution in [3.63, 3.8) is 0 Å². The van der Waals surface area contributed by atoms with Crippen molar-refractivity contribution in [1.82, 2.24) is 10.2 Å². The zero-order valence-corrected chi connectivity index (χ0v) is 8.48. The Bertz CT molecular complexity index is 308. The van der Waals surface area contributed by atoms with Crippen LogP contribution in [0.1, 0.15) is 0 Å². The first kappa shape index (κ1) is 11.3. The van der Waals surface area contributed by atoms with Crippen LogP contribution in [0.3, 0.4) is 0 Å². The molecule has 0 radical (unpaired) electrons. The molecule has 1 saturated heterocycles. The van der Waals surface area contributed by atoms with Gasteiger partial charge in [-0.05, 0) is 6.08 Å². The van der Waals surface area contributed by atoms with Gasteiger partial charge in [0.15, 0.2) is 6.23 Å². The van der Waals surface area contributed by atoms with E-state index in [9.17, 15) is 15.0 Å². The summed E-state index contributed by atoms with van der Waals surface area (Å²) in [6.45, 7) is 0.0119. The molecule has 4 atom stereocenters. The van der Waals surface area contributed by atoms with Gasteiger partial charge in [-0.25, -0.2) is 4.79 Å². The van der Waals surface area contributed by atoms with Crippen molar-refractivity contribution in [3.05, 3.63) is 12.3 Å². The minimum atomic E-state index is -1.23. The molecule has 16 heavy (non-hydrogen) atoms. The molecule has 7 heteroatoms. The molecule has 2 aliphatic rings. The van der Waals surface area contributed by atoms with E-state index < -0.39 is 37.2 Å². The molecule has 0 aromatic rings. The standard InChI is InChI=1S/C9H14N2O5/c12-4-5-6(13)7(14)8(16-5)11-3-1-2-10-9(11)15/h1,3,5-8,12-14H,2,4H2,(H,10,15)/t5-,6-,7+,8-/m1/s1. The fourth-order valence-electron chi connectivity index (χ4n) is 1.78. The van der Waals surface area contributed by atoms with Crippen LogP contribution in [0.5, 0.6) is 0 Å². The summed E-state index contributed by atoms with van der Waals surface area (Å²) in [6.07, 6.45) is -1.09. The first-order valence-electron chi connectivity index (χ1n) is 5.00. The minimum absolute atomic E-state index is 0.405. The average molecular weight is 230 g/mol. The second-order valence-corrected chi connectivity index (χ2v) is 3.71. The Balaban J connectivity index is 2.13. The second-order valence-electron chi connectivity index (χ2n) is 3.71. The number of ether oxygens (including phenoxy) is 1. The second kappa shape index (κ2) is 4.38. The molecule has 2 rings (SSSR count). The number of carbonyl (C=O) groups is 1. The molecule has 0 saturated carbocycles. The Morgan fingerprint density at radius 3 is 2.81 bits per heavy atom. The van der Waals surface area contributed by atoms with Crippen LogP contribution < -0.4 is 5.32 Å². The van der Waals surface area contributed by atoms with E-state index in [0.717, 1.165) is 4.90 Å². The van der Waals surface area contributed by atoms with Crippen LogP contribution >= 0.6 is 0 Å². The molecule has 4 N–H and O–H groups in total. The molecule has 0 unspecified atom stereocenters. The monoisotopic (exact) mass is 230 g/mol. The lowest BCUT2D eigenvalue weighted by Gasteiger charge is -2.29. The van der Waals surface area contributed by atoms with Crippen LogP contribution in [-0.4, -0.2) is 63.9 Å². The lowest BCUT2D eigenvalue weighted by molar-refractivity contribution is -0.0656. The lowest BCUT2D eigenvalue weighted by Crippen LogP contribution is -2.50. The number of aliphatic hydroxyl groups is 3. The van der Waals surface area contributed by atoms with Crippen molar-refractivity contribution in [2.75, 3.05) is 13.2 Å². The van der Waals surface area contributed by atoms with E-state index in [1.54, 1.807) is 6.08 Å². The zero-order chi connectivity index (χ0) is 11.7. The number of hydrogen-bond donors (Lipinski definition) is 4. The normalized spacial score (nSPS) is 38.9. The van der Waals surface area contributed by atoms with Crippen molar-refractivity contribution >= 4 is 6.03 Å². The minimum Gasteiger partial charge on any atom is -0.394 e. The maximum atomic E-state index is 11.5. The number of rotatable bonds is 2. The smallest absolute Gasteiger partial charge is 0.323 e. The molecule has 0 aliphatic carbocycles. The molecular formula is C9H14N2O5. The molecule has 1 fully saturated rings. The fraction of sp³-hybridized carbons (Fsp3) is 0.667. The van der Waals surface area contributed by atoms with Gasteiger partial charge in [0, 0.05) is 12.7 Å². The molecule has 0 aromatic carbocycles. The van der Waals surface area contributed by atoms with Crippen LogP contribution in [-0.2, 0) is 4.74 Å². The molecule has 2 amide bonds. The summed E-state index contributed by atoms with van der Waals surface area (Å²) in [7, 11) is 0. The van der Waals surface area contributed by atoms with Gasteiger partial charge < -0.3 is 25.4 Å². The van der Waals surface area contributed by atoms with Crippen molar-refractivity contribution in [2.24, 2.45) is 0 Å². The van der Waals surface area contributed by atoms with E-state index >= 15 is 0 Å². The van der Waals surface area contributed by atoms with Gasteiger partial charge in [0.05, 0.1) is 6.61 Å². The number of urea groups is 1. The van der Waals surface area contributed by atoms with Crippen LogP contribution in [0.15, 0.2) is 12.3 Å². The quantitative estimate of drug-likeness (QED) is 0.438. The average Bonchev–Trinajstić information content (AvgIpc) is 2.57. The highest BCUT2D eigenvalue weighted by Crippen LogP contribution is 2.24. The van der Waals surface area contributed by atoms with Gasteiger partial charge in [-0.3, -0.25) is 4.90 Å². The van der Waals surface area contributed by atoms with Gasteiger partial charge in [0.25, 0.3) is 0 Å². The largest absolute Gasteiger partial charge is 0.394 e. The Hall–Kier alpha value is -1.15. The number of amides is 2. The topological polar surface area (TPSA) is 102 Å². The highest BCUT2D eigenvalue weighted by Gasteiger charge is 2.46. The first-order valence-corrected chi connectivity index (χ1v) is 5.00. The third-order valence-corrected chi connectivity index (χ3v) is 2.66. The molecule has 2 heterocycles. The molecule has 0 aromatic heterocycles. The Kier molecular flexibility index (Phi) is 3.10. The van der Waals surface area contributed by atoms with Crippen molar-refractivity contribution < 1.29 is 24.9 Å². The summed E-state index contributed by atoms with van der Waals surface area (Å²) >= 11 is 0. The maximum Gasteiger partial charge on any atom is 0.323 e. The van der Waals surface area contributed by atoms with E-state index in [-0.39, 0.29) is 0 Å². The third-order valence-electron chi connectivity index (χ3n) is 2.66. The van der Waals surface area contributed by atoms with Crippen molar-refractivity contribution in [1.29, 1.82) is 0 Å². The Morgan fingerprint density at radius 1 is 1.50 bits per heavy atom. The van der Waals surface area contributed by atoms with E-state index in [1.165, 1.54) is 6.20 Å². The molecule has 90 valence electrons. The van der Waals surface area contributed by atoms with Crippen LogP contribution in [0.4, 0.5) is 4.79 Å². The van der Waals surface area contributed by atoms with Gasteiger partial charge in [0.2, 0.25) is 0 Å². The zero-order valence-electron chi connectivity index (χ0n) is 8.48. The molecule has 0 spiro atoms. The summed E-state index contributed by atoms with van der Waals surface area (Å²) < 4.78 is 5.21. The van der Waals surface area contributed by atoms with Crippen molar-refractivity contribution in [2.45, 2.75) is 24.5 Å². The van der Waals surface area contributed by atoms with Crippen LogP contribution in [0.25, 0.3) is 0 Å². The van der Waals surface area contributed by atoms with E-state index in [2.05, 4.69) is 5.32 Å². The number of hydrogen-bond acceptors (Lipinski definition) is 5. The van der Waals surface area contributed by atoms with Crippen LogP contribution in [0.2, 0.25) is 0 Å². The summed E-state index contributed by atoms with van der Waals surface area (Å²) in [5.41, 5.74) is 0. The lowest BCUT2D eigenvalue weighted by atomic mass is 10.1. The predicted octanol–water partition coefficient (Wildman–Crippen LogP) is -2.04. The fourth-order valence-corrected chi connectivity index (χ4v) is 1.78. The maximum absolute atomic E-state index is 11.5. The summed E-state index contributed by atoms with van der Waals surface area (Å²) in [6, 6.07) is -0.405. The predicted molar refractivity (Wildman–Crippen MR) is 52.1 cm³/mol. The molecule has 2 aliphatic heterocycles. The highest BCUT2D eigenvalue weighted by molar-refractivity contribution is 5.76. The summed E-state index contributed by atoms with van der Waals surface area (Å²) in [4.78, 5) is 12.6. The van der Waals surface area contributed by atoms with E-state index in [4.69, 9.17) is 9.84 Å². The molecular weight excluding hydrogens is 216 g/mol. The van der Waals surface area contributed by atoms with Gasteiger partial charge in [0.1, 0.15) is 18.3 Å². The van der Waals surface area contributed by atoms with Gasteiger partial charge >= 0.3 is 6.03 Å². The van der Waals surface area contributed by atoms with E-state index in [0.29, 0.717) is 6.54 Å².